The van der Waals surface area contributed by atoms with Gasteiger partial charge in [0.1, 0.15) is 6.29 Å². The second-order valence-corrected chi connectivity index (χ2v) is 1.47. The second-order valence-electron chi connectivity index (χ2n) is 1.47. The molecule has 1 saturated carbocycles. The third-order valence-corrected chi connectivity index (χ3v) is 0.814. The van der Waals surface area contributed by atoms with Gasteiger partial charge in [0, 0.05) is 5.92 Å². The van der Waals surface area contributed by atoms with Crippen molar-refractivity contribution in [3.05, 3.63) is 0 Å². The van der Waals surface area contributed by atoms with Gasteiger partial charge in [-0.25, -0.2) is 0 Å². The smallest absolute Gasteiger partial charge is 1.00 e. The number of rotatable bonds is 1. The molecule has 1 nitrogen and oxygen atoms in total. The van der Waals surface area contributed by atoms with Crippen molar-refractivity contribution in [2.45, 2.75) is 12.8 Å². The van der Waals surface area contributed by atoms with E-state index in [0.29, 0.717) is 5.92 Å². The summed E-state index contributed by atoms with van der Waals surface area (Å²) < 4.78 is 0. The summed E-state index contributed by atoms with van der Waals surface area (Å²) in [6.07, 6.45) is 3.31. The van der Waals surface area contributed by atoms with E-state index in [1.54, 1.807) is 0 Å². The van der Waals surface area contributed by atoms with E-state index in [1.165, 1.54) is 0 Å². The molecule has 2 heteroatoms. The quantitative estimate of drug-likeness (QED) is 0.264. The third kappa shape index (κ3) is 1.96. The first-order chi connectivity index (χ1) is 2.43. The van der Waals surface area contributed by atoms with E-state index in [-0.39, 0.29) is 31.0 Å². The molecule has 0 aromatic heterocycles. The van der Waals surface area contributed by atoms with E-state index in [4.69, 9.17) is 0 Å². The Kier molecular flexibility index (Phi) is 3.09. The van der Waals surface area contributed by atoms with E-state index < -0.39 is 0 Å². The topological polar surface area (TPSA) is 17.1 Å². The molecule has 0 saturated heterocycles. The van der Waals surface area contributed by atoms with Gasteiger partial charge in [0.25, 0.3) is 0 Å². The van der Waals surface area contributed by atoms with E-state index in [2.05, 4.69) is 0 Å². The molecule has 0 unspecified atom stereocenters. The van der Waals surface area contributed by atoms with Crippen molar-refractivity contribution < 1.29 is 35.8 Å². The van der Waals surface area contributed by atoms with Crippen LogP contribution in [-0.2, 0) is 4.79 Å². The van der Waals surface area contributed by atoms with E-state index in [9.17, 15) is 4.79 Å². The van der Waals surface area contributed by atoms with E-state index >= 15 is 0 Å². The molecule has 1 fully saturated rings. The summed E-state index contributed by atoms with van der Waals surface area (Å²) in [5.41, 5.74) is 0. The minimum atomic E-state index is 0. The van der Waals surface area contributed by atoms with Crippen molar-refractivity contribution in [3.8, 4) is 0 Å². The fourth-order valence-electron chi connectivity index (χ4n) is 0.232. The van der Waals surface area contributed by atoms with Gasteiger partial charge in [-0.2, -0.15) is 0 Å². The van der Waals surface area contributed by atoms with Crippen LogP contribution in [0.1, 0.15) is 14.3 Å². The van der Waals surface area contributed by atoms with Gasteiger partial charge in [-0.3, -0.25) is 0 Å². The number of carbonyl (C=O) groups is 1. The molecule has 0 amide bonds. The van der Waals surface area contributed by atoms with Crippen LogP contribution in [0.5, 0.6) is 0 Å². The molecule has 1 aliphatic rings. The molecule has 0 atom stereocenters. The number of carbonyl (C=O) groups excluding carboxylic acids is 1. The minimum Gasteiger partial charge on any atom is -1.00 e. The van der Waals surface area contributed by atoms with Gasteiger partial charge in [0.2, 0.25) is 0 Å². The molecule has 1 aliphatic carbocycles. The zero-order chi connectivity index (χ0) is 3.70. The Morgan fingerprint density at radius 1 is 1.67 bits per heavy atom. The molecule has 6 heavy (non-hydrogen) atoms. The van der Waals surface area contributed by atoms with Crippen LogP contribution in [0.4, 0.5) is 0 Å². The molecule has 0 spiro atoms. The molecule has 1 rings (SSSR count). The normalized spacial score (nSPS) is 18.7. The van der Waals surface area contributed by atoms with Gasteiger partial charge in [-0.1, -0.05) is 0 Å². The molecule has 0 bridgehead atoms. The van der Waals surface area contributed by atoms with Gasteiger partial charge in [-0.05, 0) is 12.8 Å². The predicted molar refractivity (Wildman–Crippen MR) is 19.9 cm³/mol. The number of hydrogen-bond donors (Lipinski definition) is 0. The number of hydrogen-bond acceptors (Lipinski definition) is 1. The third-order valence-electron chi connectivity index (χ3n) is 0.814. The summed E-state index contributed by atoms with van der Waals surface area (Å²) in [7, 11) is 0. The Hall–Kier alpha value is 0.670. The van der Waals surface area contributed by atoms with Crippen molar-refractivity contribution in [1.82, 2.24) is 0 Å². The van der Waals surface area contributed by atoms with Crippen molar-refractivity contribution in [2.75, 3.05) is 0 Å². The summed E-state index contributed by atoms with van der Waals surface area (Å²) in [6.45, 7) is 0. The van der Waals surface area contributed by atoms with Gasteiger partial charge in [-0.15, -0.1) is 0 Å². The summed E-state index contributed by atoms with van der Waals surface area (Å²) in [5, 5.41) is 0. The van der Waals surface area contributed by atoms with Crippen LogP contribution in [-0.4, -0.2) is 6.29 Å². The average Bonchev–Trinajstić information content (AvgIpc) is 2.12. The Balaban J connectivity index is 0. The molecule has 0 heterocycles. The average molecular weight is 94.1 g/mol. The maximum atomic E-state index is 9.57. The van der Waals surface area contributed by atoms with E-state index in [1.807, 2.05) is 0 Å². The number of aldehydes is 1. The first-order valence-corrected chi connectivity index (χ1v) is 1.89. The first-order valence-electron chi connectivity index (χ1n) is 1.89. The van der Waals surface area contributed by atoms with Crippen LogP contribution < -0.4 is 29.6 Å². The summed E-state index contributed by atoms with van der Waals surface area (Å²) >= 11 is 0. The Morgan fingerprint density at radius 2 is 2.17 bits per heavy atom. The molecule has 0 aromatic carbocycles. The molecular weight excluding hydrogens is 87.0 g/mol. The zero-order valence-corrected chi connectivity index (χ0v) is 5.98. The Morgan fingerprint density at radius 3 is 2.17 bits per heavy atom. The van der Waals surface area contributed by atoms with Gasteiger partial charge in [0.15, 0.2) is 0 Å². The van der Waals surface area contributed by atoms with Crippen molar-refractivity contribution >= 4 is 6.29 Å². The summed E-state index contributed by atoms with van der Waals surface area (Å²) in [6, 6.07) is 0. The first kappa shape index (κ1) is 6.67. The van der Waals surface area contributed by atoms with Crippen LogP contribution in [0, 0.1) is 5.92 Å². The monoisotopic (exact) mass is 94.0 g/mol. The fraction of sp³-hybridized carbons (Fsp3) is 0.750. The molecule has 0 aromatic rings. The standard InChI is InChI=1S/C4H6O.Na.H/c5-3-4-1-2-4;;/h3-4H,1-2H2;;/q;+1;-1. The van der Waals surface area contributed by atoms with Crippen molar-refractivity contribution in [1.29, 1.82) is 0 Å². The largest absolute Gasteiger partial charge is 1.00 e. The fourth-order valence-corrected chi connectivity index (χ4v) is 0.232. The van der Waals surface area contributed by atoms with Crippen LogP contribution in [0.15, 0.2) is 0 Å². The van der Waals surface area contributed by atoms with Gasteiger partial charge < -0.3 is 6.22 Å². The van der Waals surface area contributed by atoms with Crippen molar-refractivity contribution in [3.63, 3.8) is 0 Å². The minimum absolute atomic E-state index is 0. The van der Waals surface area contributed by atoms with E-state index in [0.717, 1.165) is 19.1 Å². The molecule has 30 valence electrons. The van der Waals surface area contributed by atoms with Crippen molar-refractivity contribution in [2.24, 2.45) is 5.92 Å². The molecule has 0 N–H and O–H groups in total. The molecule has 0 aliphatic heterocycles. The van der Waals surface area contributed by atoms with Gasteiger partial charge in [0.05, 0.1) is 0 Å². The second kappa shape index (κ2) is 2.78. The summed E-state index contributed by atoms with van der Waals surface area (Å²) in [4.78, 5) is 9.57. The van der Waals surface area contributed by atoms with Crippen LogP contribution in [0.25, 0.3) is 0 Å². The van der Waals surface area contributed by atoms with Crippen LogP contribution >= 0.6 is 0 Å². The van der Waals surface area contributed by atoms with Gasteiger partial charge >= 0.3 is 29.6 Å². The Bertz CT molecular complexity index is 53.7. The zero-order valence-electron chi connectivity index (χ0n) is 4.98. The summed E-state index contributed by atoms with van der Waals surface area (Å²) in [5.74, 6) is 0.454. The van der Waals surface area contributed by atoms with Crippen LogP contribution in [0.2, 0.25) is 0 Å². The maximum Gasteiger partial charge on any atom is 1.00 e. The molecule has 0 radical (unpaired) electrons. The molecular formula is C4H7NaO. The SMILES string of the molecule is O=CC1CC1.[H-].[Na+]. The Labute approximate surface area is 60.9 Å². The predicted octanol–water partition coefficient (Wildman–Crippen LogP) is -2.29. The maximum absolute atomic E-state index is 9.57. The van der Waals surface area contributed by atoms with Crippen LogP contribution in [0.3, 0.4) is 0 Å².